The summed E-state index contributed by atoms with van der Waals surface area (Å²) in [6, 6.07) is 5.48. The molecule has 8 heteroatoms. The number of piperidine rings is 1. The fraction of sp³-hybridized carbons (Fsp3) is 0.375. The summed E-state index contributed by atoms with van der Waals surface area (Å²) in [5.41, 5.74) is 0.461. The molecule has 0 amide bonds. The third kappa shape index (κ3) is 2.99. The minimum Gasteiger partial charge on any atom is -0.358 e. The van der Waals surface area contributed by atoms with Crippen LogP contribution in [0.2, 0.25) is 0 Å². The van der Waals surface area contributed by atoms with Gasteiger partial charge in [-0.25, -0.2) is 4.39 Å². The highest BCUT2D eigenvalue weighted by molar-refractivity contribution is 5.98. The second-order valence-corrected chi connectivity index (χ2v) is 5.92. The number of hydrogen-bond donors (Lipinski definition) is 0. The number of halogens is 1. The Hall–Kier alpha value is -2.77. The van der Waals surface area contributed by atoms with Crippen LogP contribution in [0.25, 0.3) is 0 Å². The molecule has 1 fully saturated rings. The fourth-order valence-corrected chi connectivity index (χ4v) is 3.14. The van der Waals surface area contributed by atoms with Crippen molar-refractivity contribution < 1.29 is 14.1 Å². The van der Waals surface area contributed by atoms with Crippen LogP contribution in [0.3, 0.4) is 0 Å². The van der Waals surface area contributed by atoms with Gasteiger partial charge in [0.05, 0.1) is 0 Å². The summed E-state index contributed by atoms with van der Waals surface area (Å²) in [6.07, 6.45) is 2.86. The van der Waals surface area contributed by atoms with Gasteiger partial charge in [-0.05, 0) is 47.0 Å². The second kappa shape index (κ2) is 6.38. The Labute approximate surface area is 137 Å². The SMILES string of the molecule is Cn1cnc([N+](=O)[O-])c1N1CCC[C@H](C(=O)c2ccc(F)cc2)C1. The lowest BCUT2D eigenvalue weighted by atomic mass is 9.90. The molecule has 1 aromatic carbocycles. The largest absolute Gasteiger partial charge is 0.406 e. The Balaban J connectivity index is 1.82. The first-order valence-electron chi connectivity index (χ1n) is 7.68. The van der Waals surface area contributed by atoms with E-state index in [2.05, 4.69) is 4.98 Å². The topological polar surface area (TPSA) is 81.3 Å². The van der Waals surface area contributed by atoms with Crippen LogP contribution in [-0.2, 0) is 7.05 Å². The number of ketones is 1. The van der Waals surface area contributed by atoms with Crippen molar-refractivity contribution in [3.05, 3.63) is 52.1 Å². The Bertz CT molecular complexity index is 772. The van der Waals surface area contributed by atoms with Crippen LogP contribution in [0.1, 0.15) is 23.2 Å². The number of hydrogen-bond acceptors (Lipinski definition) is 5. The third-order valence-electron chi connectivity index (χ3n) is 4.28. The zero-order valence-electron chi connectivity index (χ0n) is 13.2. The van der Waals surface area contributed by atoms with Gasteiger partial charge in [0.15, 0.2) is 5.78 Å². The van der Waals surface area contributed by atoms with Gasteiger partial charge in [-0.2, -0.15) is 0 Å². The smallest absolute Gasteiger partial charge is 0.358 e. The molecule has 7 nitrogen and oxygen atoms in total. The van der Waals surface area contributed by atoms with Gasteiger partial charge < -0.3 is 15.0 Å². The van der Waals surface area contributed by atoms with E-state index in [-0.39, 0.29) is 23.3 Å². The molecule has 1 atom stereocenters. The van der Waals surface area contributed by atoms with Crippen LogP contribution in [0.4, 0.5) is 16.0 Å². The summed E-state index contributed by atoms with van der Waals surface area (Å²) in [7, 11) is 1.70. The van der Waals surface area contributed by atoms with Gasteiger partial charge in [0.1, 0.15) is 5.82 Å². The molecule has 1 aromatic heterocycles. The average Bonchev–Trinajstić information content (AvgIpc) is 2.97. The second-order valence-electron chi connectivity index (χ2n) is 5.92. The highest BCUT2D eigenvalue weighted by atomic mass is 19.1. The molecule has 1 saturated heterocycles. The quantitative estimate of drug-likeness (QED) is 0.488. The van der Waals surface area contributed by atoms with E-state index in [4.69, 9.17) is 0 Å². The Kier molecular flexibility index (Phi) is 4.28. The molecular weight excluding hydrogens is 315 g/mol. The Morgan fingerprint density at radius 2 is 2.08 bits per heavy atom. The van der Waals surface area contributed by atoms with Crippen molar-refractivity contribution in [1.29, 1.82) is 0 Å². The van der Waals surface area contributed by atoms with E-state index in [9.17, 15) is 19.3 Å². The van der Waals surface area contributed by atoms with Crippen molar-refractivity contribution in [3.8, 4) is 0 Å². The summed E-state index contributed by atoms with van der Waals surface area (Å²) >= 11 is 0. The average molecular weight is 332 g/mol. The van der Waals surface area contributed by atoms with E-state index in [1.807, 2.05) is 4.90 Å². The number of rotatable bonds is 4. The molecule has 0 aliphatic carbocycles. The minimum atomic E-state index is -0.513. The Morgan fingerprint density at radius 1 is 1.38 bits per heavy atom. The van der Waals surface area contributed by atoms with E-state index >= 15 is 0 Å². The van der Waals surface area contributed by atoms with Crippen molar-refractivity contribution in [2.45, 2.75) is 12.8 Å². The van der Waals surface area contributed by atoms with Gasteiger partial charge in [0.2, 0.25) is 12.1 Å². The van der Waals surface area contributed by atoms with Crippen LogP contribution in [-0.4, -0.2) is 33.3 Å². The van der Waals surface area contributed by atoms with Gasteiger partial charge in [-0.1, -0.05) is 0 Å². The van der Waals surface area contributed by atoms with Crippen molar-refractivity contribution >= 4 is 17.4 Å². The molecule has 0 unspecified atom stereocenters. The van der Waals surface area contributed by atoms with Crippen LogP contribution < -0.4 is 4.90 Å². The van der Waals surface area contributed by atoms with Crippen molar-refractivity contribution in [2.24, 2.45) is 13.0 Å². The number of Topliss-reactive ketones (excluding diaryl/α,β-unsaturated/α-hetero) is 1. The lowest BCUT2D eigenvalue weighted by Crippen LogP contribution is -2.39. The standard InChI is InChI=1S/C16H17FN4O3/c1-19-10-18-15(21(23)24)16(19)20-8-2-3-12(9-20)14(22)11-4-6-13(17)7-5-11/h4-7,10,12H,2-3,8-9H2,1H3/t12-/m0/s1. The van der Waals surface area contributed by atoms with Crippen molar-refractivity contribution in [3.63, 3.8) is 0 Å². The summed E-state index contributed by atoms with van der Waals surface area (Å²) in [6.45, 7) is 1.02. The molecule has 2 aromatic rings. The number of anilines is 1. The fourth-order valence-electron chi connectivity index (χ4n) is 3.14. The normalized spacial score (nSPS) is 17.8. The molecule has 3 rings (SSSR count). The molecule has 2 heterocycles. The van der Waals surface area contributed by atoms with E-state index in [1.54, 1.807) is 11.6 Å². The number of carbonyl (C=O) groups is 1. The molecule has 126 valence electrons. The lowest BCUT2D eigenvalue weighted by Gasteiger charge is -2.32. The maximum atomic E-state index is 13.0. The first-order chi connectivity index (χ1) is 11.5. The van der Waals surface area contributed by atoms with E-state index < -0.39 is 4.92 Å². The lowest BCUT2D eigenvalue weighted by molar-refractivity contribution is -0.388. The summed E-state index contributed by atoms with van der Waals surface area (Å²) in [5.74, 6) is -0.519. The zero-order valence-corrected chi connectivity index (χ0v) is 13.2. The van der Waals surface area contributed by atoms with Gasteiger partial charge >= 0.3 is 5.82 Å². The molecular formula is C16H17FN4O3. The number of nitro groups is 1. The zero-order chi connectivity index (χ0) is 17.3. The van der Waals surface area contributed by atoms with E-state index in [1.165, 1.54) is 30.6 Å². The number of nitrogens with zero attached hydrogens (tertiary/aromatic N) is 4. The first kappa shape index (κ1) is 16.1. The predicted octanol–water partition coefficient (Wildman–Crippen LogP) is 2.57. The van der Waals surface area contributed by atoms with Gasteiger partial charge in [-0.3, -0.25) is 9.36 Å². The van der Waals surface area contributed by atoms with Crippen LogP contribution >= 0.6 is 0 Å². The first-order valence-corrected chi connectivity index (χ1v) is 7.68. The third-order valence-corrected chi connectivity index (χ3v) is 4.28. The number of aromatic nitrogens is 2. The van der Waals surface area contributed by atoms with E-state index in [0.29, 0.717) is 30.9 Å². The summed E-state index contributed by atoms with van der Waals surface area (Å²) in [5, 5.41) is 11.1. The molecule has 1 aliphatic rings. The van der Waals surface area contributed by atoms with E-state index in [0.717, 1.165) is 6.42 Å². The highest BCUT2D eigenvalue weighted by Crippen LogP contribution is 2.31. The van der Waals surface area contributed by atoms with Gasteiger partial charge in [0.25, 0.3) is 0 Å². The van der Waals surface area contributed by atoms with Crippen LogP contribution in [0.15, 0.2) is 30.6 Å². The molecule has 0 bridgehead atoms. The number of carbonyl (C=O) groups excluding carboxylic acids is 1. The van der Waals surface area contributed by atoms with Crippen LogP contribution in [0, 0.1) is 21.8 Å². The summed E-state index contributed by atoms with van der Waals surface area (Å²) in [4.78, 5) is 28.9. The van der Waals surface area contributed by atoms with Crippen molar-refractivity contribution in [1.82, 2.24) is 9.55 Å². The number of benzene rings is 1. The maximum absolute atomic E-state index is 13.0. The van der Waals surface area contributed by atoms with Gasteiger partial charge in [0, 0.05) is 31.6 Å². The molecule has 1 aliphatic heterocycles. The molecule has 0 N–H and O–H groups in total. The predicted molar refractivity (Wildman–Crippen MR) is 85.5 cm³/mol. The number of imidazole rings is 1. The molecule has 0 spiro atoms. The monoisotopic (exact) mass is 332 g/mol. The molecule has 24 heavy (non-hydrogen) atoms. The molecule has 0 saturated carbocycles. The number of aryl methyl sites for hydroxylation is 1. The van der Waals surface area contributed by atoms with Crippen molar-refractivity contribution in [2.75, 3.05) is 18.0 Å². The Morgan fingerprint density at radius 3 is 2.75 bits per heavy atom. The summed E-state index contributed by atoms with van der Waals surface area (Å²) < 4.78 is 14.6. The highest BCUT2D eigenvalue weighted by Gasteiger charge is 2.32. The van der Waals surface area contributed by atoms with Gasteiger partial charge in [-0.15, -0.1) is 0 Å². The van der Waals surface area contributed by atoms with Crippen LogP contribution in [0.5, 0.6) is 0 Å². The maximum Gasteiger partial charge on any atom is 0.406 e. The minimum absolute atomic E-state index is 0.0653. The molecule has 0 radical (unpaired) electrons.